The Morgan fingerprint density at radius 2 is 2.15 bits per heavy atom. The van der Waals surface area contributed by atoms with E-state index in [4.69, 9.17) is 10.2 Å². The first-order valence-electron chi connectivity index (χ1n) is 5.39. The van der Waals surface area contributed by atoms with Crippen molar-refractivity contribution >= 4 is 16.0 Å². The molecule has 0 aromatic carbocycles. The zero-order valence-electron chi connectivity index (χ0n) is 10.2. The Balaban J connectivity index is 2.71. The van der Waals surface area contributed by atoms with Crippen LogP contribution in [-0.2, 0) is 21.4 Å². The van der Waals surface area contributed by atoms with Crippen LogP contribution in [-0.4, -0.2) is 53.5 Å². The lowest BCUT2D eigenvalue weighted by Gasteiger charge is -2.13. The first-order chi connectivity index (χ1) is 9.16. The van der Waals surface area contributed by atoms with Crippen molar-refractivity contribution in [1.82, 2.24) is 14.5 Å². The van der Waals surface area contributed by atoms with Gasteiger partial charge in [0.15, 0.2) is 0 Å². The molecule has 11 heteroatoms. The maximum absolute atomic E-state index is 12.8. The van der Waals surface area contributed by atoms with Crippen LogP contribution in [0, 0.1) is 0 Å². The molecule has 0 aliphatic carbocycles. The summed E-state index contributed by atoms with van der Waals surface area (Å²) in [6.45, 7) is -2.77. The van der Waals surface area contributed by atoms with Crippen molar-refractivity contribution in [1.29, 1.82) is 0 Å². The number of carbonyl (C=O) groups is 1. The van der Waals surface area contributed by atoms with Gasteiger partial charge in [0.2, 0.25) is 10.0 Å². The molecule has 0 saturated carbocycles. The summed E-state index contributed by atoms with van der Waals surface area (Å²) in [6, 6.07) is 0. The molecule has 3 N–H and O–H groups in total. The van der Waals surface area contributed by atoms with Crippen LogP contribution in [0.25, 0.3) is 0 Å². The summed E-state index contributed by atoms with van der Waals surface area (Å²) in [4.78, 5) is 9.98. The van der Waals surface area contributed by atoms with Gasteiger partial charge >= 0.3 is 5.97 Å². The molecule has 8 nitrogen and oxygen atoms in total. The van der Waals surface area contributed by atoms with Crippen molar-refractivity contribution in [3.05, 3.63) is 12.4 Å². The molecule has 1 aromatic rings. The third-order valence-corrected chi connectivity index (χ3v) is 3.58. The van der Waals surface area contributed by atoms with E-state index in [1.54, 1.807) is 4.72 Å². The number of aliphatic hydroxyl groups excluding tert-OH is 1. The number of aryl methyl sites for hydroxylation is 1. The fourth-order valence-corrected chi connectivity index (χ4v) is 2.17. The fourth-order valence-electron chi connectivity index (χ4n) is 1.16. The maximum atomic E-state index is 12.8. The average Bonchev–Trinajstić information content (AvgIpc) is 2.84. The molecule has 0 spiro atoms. The minimum absolute atomic E-state index is 0.0440. The van der Waals surface area contributed by atoms with Crippen LogP contribution >= 0.6 is 0 Å². The Labute approximate surface area is 113 Å². The lowest BCUT2D eigenvalue weighted by atomic mass is 10.4. The number of halogens is 2. The van der Waals surface area contributed by atoms with E-state index in [0.717, 1.165) is 17.1 Å². The Morgan fingerprint density at radius 1 is 1.50 bits per heavy atom. The highest BCUT2D eigenvalue weighted by Gasteiger charge is 2.30. The van der Waals surface area contributed by atoms with Crippen molar-refractivity contribution in [2.75, 3.05) is 13.2 Å². The zero-order valence-corrected chi connectivity index (χ0v) is 11.0. The topological polar surface area (TPSA) is 122 Å². The number of hydrogen-bond acceptors (Lipinski definition) is 5. The monoisotopic (exact) mass is 313 g/mol. The summed E-state index contributed by atoms with van der Waals surface area (Å²) in [6.07, 6.45) is 1.70. The molecular formula is C9H13F2N3O5S. The van der Waals surface area contributed by atoms with E-state index in [9.17, 15) is 22.0 Å². The number of aromatic nitrogens is 2. The molecule has 0 radical (unpaired) electrons. The summed E-state index contributed by atoms with van der Waals surface area (Å²) >= 11 is 0. The molecule has 0 fully saturated rings. The molecule has 0 saturated heterocycles. The Bertz CT molecular complexity index is 572. The highest BCUT2D eigenvalue weighted by atomic mass is 32.2. The van der Waals surface area contributed by atoms with Gasteiger partial charge in [0.25, 0.3) is 5.92 Å². The molecule has 114 valence electrons. The van der Waals surface area contributed by atoms with Crippen LogP contribution in [0.3, 0.4) is 0 Å². The number of rotatable bonds is 8. The first kappa shape index (κ1) is 16.5. The summed E-state index contributed by atoms with van der Waals surface area (Å²) in [5, 5.41) is 20.4. The smallest absolute Gasteiger partial charge is 0.305 e. The predicted octanol–water partition coefficient (Wildman–Crippen LogP) is -0.736. The first-order valence-corrected chi connectivity index (χ1v) is 6.87. The van der Waals surface area contributed by atoms with Gasteiger partial charge < -0.3 is 10.2 Å². The Hall–Kier alpha value is -1.59. The summed E-state index contributed by atoms with van der Waals surface area (Å²) in [7, 11) is -4.19. The van der Waals surface area contributed by atoms with Gasteiger partial charge in [0.1, 0.15) is 11.5 Å². The van der Waals surface area contributed by atoms with E-state index in [0.29, 0.717) is 0 Å². The van der Waals surface area contributed by atoms with Crippen LogP contribution in [0.15, 0.2) is 17.3 Å². The molecule has 0 aliphatic rings. The van der Waals surface area contributed by atoms with E-state index in [1.165, 1.54) is 0 Å². The van der Waals surface area contributed by atoms with Crippen LogP contribution in [0.1, 0.15) is 6.42 Å². The van der Waals surface area contributed by atoms with E-state index in [-0.39, 0.29) is 17.9 Å². The summed E-state index contributed by atoms with van der Waals surface area (Å²) in [5.41, 5.74) is 0. The molecule has 0 bridgehead atoms. The second-order valence-corrected chi connectivity index (χ2v) is 5.69. The molecule has 0 atom stereocenters. The largest absolute Gasteiger partial charge is 0.481 e. The van der Waals surface area contributed by atoms with Crippen LogP contribution in [0.2, 0.25) is 0 Å². The second-order valence-electron chi connectivity index (χ2n) is 3.92. The van der Waals surface area contributed by atoms with Crippen molar-refractivity contribution in [2.24, 2.45) is 0 Å². The molecule has 1 heterocycles. The number of carboxylic acid groups (broad SMARTS) is 1. The third kappa shape index (κ3) is 4.83. The van der Waals surface area contributed by atoms with E-state index in [2.05, 4.69) is 5.10 Å². The predicted molar refractivity (Wildman–Crippen MR) is 61.7 cm³/mol. The Morgan fingerprint density at radius 3 is 2.70 bits per heavy atom. The zero-order chi connectivity index (χ0) is 15.4. The maximum Gasteiger partial charge on any atom is 0.305 e. The number of aliphatic carboxylic acids is 1. The van der Waals surface area contributed by atoms with Gasteiger partial charge in [-0.3, -0.25) is 9.48 Å². The third-order valence-electron chi connectivity index (χ3n) is 2.23. The van der Waals surface area contributed by atoms with E-state index >= 15 is 0 Å². The van der Waals surface area contributed by atoms with Gasteiger partial charge in [-0.25, -0.2) is 21.9 Å². The SMILES string of the molecule is O=C(O)CCn1cc(S(=O)(=O)NCC(F)(F)CO)cn1. The van der Waals surface area contributed by atoms with Gasteiger partial charge in [0, 0.05) is 6.20 Å². The van der Waals surface area contributed by atoms with Gasteiger partial charge in [-0.1, -0.05) is 0 Å². The number of aliphatic hydroxyl groups is 1. The Kier molecular flexibility index (Phi) is 5.14. The molecule has 20 heavy (non-hydrogen) atoms. The normalized spacial score (nSPS) is 12.6. The number of sulfonamides is 1. The minimum Gasteiger partial charge on any atom is -0.481 e. The fraction of sp³-hybridized carbons (Fsp3) is 0.556. The number of carboxylic acids is 1. The van der Waals surface area contributed by atoms with Crippen molar-refractivity contribution in [2.45, 2.75) is 23.8 Å². The molecule has 0 amide bonds. The highest BCUT2D eigenvalue weighted by Crippen LogP contribution is 2.13. The number of nitrogens with one attached hydrogen (secondary N) is 1. The lowest BCUT2D eigenvalue weighted by molar-refractivity contribution is -0.137. The van der Waals surface area contributed by atoms with E-state index < -0.39 is 35.1 Å². The van der Waals surface area contributed by atoms with Crippen molar-refractivity contribution < 1.29 is 32.2 Å². The summed E-state index contributed by atoms with van der Waals surface area (Å²) < 4.78 is 51.5. The highest BCUT2D eigenvalue weighted by molar-refractivity contribution is 7.89. The van der Waals surface area contributed by atoms with Crippen LogP contribution < -0.4 is 4.72 Å². The van der Waals surface area contributed by atoms with Gasteiger partial charge in [-0.05, 0) is 0 Å². The van der Waals surface area contributed by atoms with Gasteiger partial charge in [0.05, 0.1) is 25.7 Å². The van der Waals surface area contributed by atoms with Crippen LogP contribution in [0.5, 0.6) is 0 Å². The molecule has 0 aliphatic heterocycles. The standard InChI is InChI=1S/C9H13F2N3O5S/c10-9(11,6-15)5-13-20(18,19)7-3-12-14(4-7)2-1-8(16)17/h3-4,13,15H,1-2,5-6H2,(H,16,17). The number of hydrogen-bond donors (Lipinski definition) is 3. The second kappa shape index (κ2) is 6.24. The number of alkyl halides is 2. The van der Waals surface area contributed by atoms with Gasteiger partial charge in [-0.15, -0.1) is 0 Å². The lowest BCUT2D eigenvalue weighted by Crippen LogP contribution is -2.38. The van der Waals surface area contributed by atoms with Crippen molar-refractivity contribution in [3.8, 4) is 0 Å². The molecule has 1 aromatic heterocycles. The molecular weight excluding hydrogens is 300 g/mol. The van der Waals surface area contributed by atoms with E-state index in [1.807, 2.05) is 0 Å². The van der Waals surface area contributed by atoms with Crippen LogP contribution in [0.4, 0.5) is 8.78 Å². The minimum atomic E-state index is -4.19. The van der Waals surface area contributed by atoms with Crippen molar-refractivity contribution in [3.63, 3.8) is 0 Å². The van der Waals surface area contributed by atoms with Gasteiger partial charge in [-0.2, -0.15) is 5.10 Å². The summed E-state index contributed by atoms with van der Waals surface area (Å²) in [5.74, 6) is -4.64. The number of nitrogens with zero attached hydrogens (tertiary/aromatic N) is 2. The molecule has 0 unspecified atom stereocenters. The molecule has 1 rings (SSSR count). The quantitative estimate of drug-likeness (QED) is 0.581. The average molecular weight is 313 g/mol.